The number of fused-ring (bicyclic) bond motifs is 2. The number of amides is 1. The zero-order valence-corrected chi connectivity index (χ0v) is 12.3. The summed E-state index contributed by atoms with van der Waals surface area (Å²) < 4.78 is 0. The largest absolute Gasteiger partial charge is 0.341 e. The number of hydrogen-bond donors (Lipinski definition) is 0. The van der Waals surface area contributed by atoms with E-state index in [9.17, 15) is 4.79 Å². The van der Waals surface area contributed by atoms with E-state index >= 15 is 0 Å². The Morgan fingerprint density at radius 3 is 2.74 bits per heavy atom. The number of carbonyl (C=O) groups is 1. The highest BCUT2D eigenvalue weighted by atomic mass is 16.2. The molecule has 2 bridgehead atoms. The molecular weight excluding hydrogens is 236 g/mol. The summed E-state index contributed by atoms with van der Waals surface area (Å²) in [5.41, 5.74) is 0. The van der Waals surface area contributed by atoms with Crippen molar-refractivity contribution in [3.05, 3.63) is 0 Å². The molecule has 0 unspecified atom stereocenters. The zero-order valence-electron chi connectivity index (χ0n) is 12.3. The summed E-state index contributed by atoms with van der Waals surface area (Å²) in [4.78, 5) is 17.4. The molecule has 0 N–H and O–H groups in total. The molecule has 0 aromatic rings. The molecule has 3 fully saturated rings. The Hall–Kier alpha value is -0.570. The quantitative estimate of drug-likeness (QED) is 0.779. The third-order valence-electron chi connectivity index (χ3n) is 5.36. The minimum absolute atomic E-state index is 0.217. The molecule has 0 aromatic heterocycles. The van der Waals surface area contributed by atoms with Crippen LogP contribution in [-0.4, -0.2) is 47.9 Å². The van der Waals surface area contributed by atoms with Gasteiger partial charge in [0.05, 0.1) is 6.04 Å². The van der Waals surface area contributed by atoms with Gasteiger partial charge in [0.1, 0.15) is 0 Å². The van der Waals surface area contributed by atoms with Crippen molar-refractivity contribution in [3.8, 4) is 0 Å². The van der Waals surface area contributed by atoms with Gasteiger partial charge in [-0.3, -0.25) is 9.69 Å². The topological polar surface area (TPSA) is 23.6 Å². The van der Waals surface area contributed by atoms with Crippen molar-refractivity contribution in [2.75, 3.05) is 26.2 Å². The Labute approximate surface area is 117 Å². The smallest absolute Gasteiger partial charge is 0.239 e. The lowest BCUT2D eigenvalue weighted by Gasteiger charge is -2.47. The Balaban J connectivity index is 1.64. The predicted molar refractivity (Wildman–Crippen MR) is 76.9 cm³/mol. The van der Waals surface area contributed by atoms with Crippen molar-refractivity contribution in [2.45, 2.75) is 57.9 Å². The highest BCUT2D eigenvalue weighted by molar-refractivity contribution is 5.83. The van der Waals surface area contributed by atoms with Crippen LogP contribution in [0.2, 0.25) is 0 Å². The third-order valence-corrected chi connectivity index (χ3v) is 5.36. The van der Waals surface area contributed by atoms with Gasteiger partial charge < -0.3 is 4.90 Å². The van der Waals surface area contributed by atoms with Gasteiger partial charge in [-0.2, -0.15) is 0 Å². The molecule has 0 radical (unpaired) electrons. The van der Waals surface area contributed by atoms with Crippen molar-refractivity contribution < 1.29 is 4.79 Å². The minimum Gasteiger partial charge on any atom is -0.341 e. The van der Waals surface area contributed by atoms with E-state index in [-0.39, 0.29) is 6.04 Å². The van der Waals surface area contributed by atoms with E-state index in [1.807, 2.05) is 0 Å². The molecule has 1 saturated carbocycles. The van der Waals surface area contributed by atoms with Crippen LogP contribution >= 0.6 is 0 Å². The van der Waals surface area contributed by atoms with Gasteiger partial charge in [0, 0.05) is 13.1 Å². The first-order valence-corrected chi connectivity index (χ1v) is 8.30. The second-order valence-corrected chi connectivity index (χ2v) is 6.84. The Morgan fingerprint density at radius 1 is 1.21 bits per heavy atom. The number of nitrogens with zero attached hydrogens (tertiary/aromatic N) is 2. The molecule has 2 saturated heterocycles. The van der Waals surface area contributed by atoms with E-state index < -0.39 is 0 Å². The zero-order chi connectivity index (χ0) is 13.2. The molecule has 3 heteroatoms. The predicted octanol–water partition coefficient (Wildman–Crippen LogP) is 2.51. The Kier molecular flexibility index (Phi) is 4.11. The highest BCUT2D eigenvalue weighted by Crippen LogP contribution is 2.32. The van der Waals surface area contributed by atoms with Crippen molar-refractivity contribution in [2.24, 2.45) is 11.8 Å². The molecule has 2 heterocycles. The van der Waals surface area contributed by atoms with Crippen LogP contribution in [0.5, 0.6) is 0 Å². The van der Waals surface area contributed by atoms with Crippen molar-refractivity contribution in [3.63, 3.8) is 0 Å². The van der Waals surface area contributed by atoms with Crippen LogP contribution in [0.3, 0.4) is 0 Å². The van der Waals surface area contributed by atoms with Gasteiger partial charge in [0.15, 0.2) is 0 Å². The van der Waals surface area contributed by atoms with Gasteiger partial charge in [0.25, 0.3) is 0 Å². The lowest BCUT2D eigenvalue weighted by Crippen LogP contribution is -2.59. The summed E-state index contributed by atoms with van der Waals surface area (Å²) in [5.74, 6) is 2.01. The molecule has 0 aromatic carbocycles. The summed E-state index contributed by atoms with van der Waals surface area (Å²) in [6, 6.07) is 0.217. The first kappa shape index (κ1) is 13.4. The number of piperidine rings is 2. The van der Waals surface area contributed by atoms with Crippen LogP contribution in [0.4, 0.5) is 0 Å². The fourth-order valence-corrected chi connectivity index (χ4v) is 4.35. The molecular formula is C16H28N2O. The highest BCUT2D eigenvalue weighted by Gasteiger charge is 2.41. The van der Waals surface area contributed by atoms with E-state index in [0.29, 0.717) is 5.91 Å². The van der Waals surface area contributed by atoms with Gasteiger partial charge in [-0.05, 0) is 57.0 Å². The summed E-state index contributed by atoms with van der Waals surface area (Å²) in [6.45, 7) is 6.56. The molecule has 3 rings (SSSR count). The monoisotopic (exact) mass is 264 g/mol. The number of likely N-dealkylation sites (tertiary alicyclic amines) is 2. The maximum Gasteiger partial charge on any atom is 0.239 e. The molecule has 0 spiro atoms. The maximum absolute atomic E-state index is 12.7. The number of rotatable bonds is 4. The average molecular weight is 264 g/mol. The third kappa shape index (κ3) is 2.81. The Morgan fingerprint density at radius 2 is 2.00 bits per heavy atom. The van der Waals surface area contributed by atoms with Crippen molar-refractivity contribution in [1.82, 2.24) is 9.80 Å². The summed E-state index contributed by atoms with van der Waals surface area (Å²) >= 11 is 0. The van der Waals surface area contributed by atoms with Gasteiger partial charge in [-0.25, -0.2) is 0 Å². The fraction of sp³-hybridized carbons (Fsp3) is 0.938. The van der Waals surface area contributed by atoms with Gasteiger partial charge in [0.2, 0.25) is 5.91 Å². The molecule has 2 atom stereocenters. The number of hydrogen-bond acceptors (Lipinski definition) is 2. The number of carbonyl (C=O) groups excluding carboxylic acids is 1. The van der Waals surface area contributed by atoms with E-state index in [1.165, 1.54) is 32.1 Å². The lowest BCUT2D eigenvalue weighted by atomic mass is 9.85. The molecule has 1 aliphatic carbocycles. The molecule has 19 heavy (non-hydrogen) atoms. The Bertz CT molecular complexity index is 325. The average Bonchev–Trinajstić information content (AvgIpc) is 2.91. The minimum atomic E-state index is 0.217. The lowest BCUT2D eigenvalue weighted by molar-refractivity contribution is -0.146. The normalized spacial score (nSPS) is 33.1. The fourth-order valence-electron chi connectivity index (χ4n) is 4.35. The summed E-state index contributed by atoms with van der Waals surface area (Å²) in [6.07, 6.45) is 9.03. The van der Waals surface area contributed by atoms with Crippen LogP contribution in [-0.2, 0) is 4.79 Å². The van der Waals surface area contributed by atoms with Crippen LogP contribution in [0, 0.1) is 11.8 Å². The molecule has 1 amide bonds. The first-order chi connectivity index (χ1) is 9.28. The SMILES string of the molecule is CCCN1CC[C@H]2C[C@@H]1C(=O)N(CC1CCCC1)C2. The molecule has 2 aliphatic heterocycles. The van der Waals surface area contributed by atoms with E-state index in [4.69, 9.17) is 0 Å². The van der Waals surface area contributed by atoms with Gasteiger partial charge in [-0.15, -0.1) is 0 Å². The van der Waals surface area contributed by atoms with Crippen LogP contribution in [0.25, 0.3) is 0 Å². The molecule has 3 nitrogen and oxygen atoms in total. The molecule has 108 valence electrons. The summed E-state index contributed by atoms with van der Waals surface area (Å²) in [5, 5.41) is 0. The first-order valence-electron chi connectivity index (χ1n) is 8.30. The standard InChI is InChI=1S/C16H28N2O/c1-2-8-17-9-7-14-10-15(17)16(19)18(12-14)11-13-5-3-4-6-13/h13-15H,2-12H2,1H3/t14-,15+/m0/s1. The van der Waals surface area contributed by atoms with Crippen LogP contribution in [0.1, 0.15) is 51.9 Å². The van der Waals surface area contributed by atoms with Crippen LogP contribution in [0.15, 0.2) is 0 Å². The summed E-state index contributed by atoms with van der Waals surface area (Å²) in [7, 11) is 0. The maximum atomic E-state index is 12.7. The van der Waals surface area contributed by atoms with Crippen LogP contribution < -0.4 is 0 Å². The second-order valence-electron chi connectivity index (χ2n) is 6.84. The van der Waals surface area contributed by atoms with E-state index in [2.05, 4.69) is 16.7 Å². The van der Waals surface area contributed by atoms with Gasteiger partial charge in [-0.1, -0.05) is 19.8 Å². The van der Waals surface area contributed by atoms with E-state index in [1.54, 1.807) is 0 Å². The molecule has 3 aliphatic rings. The van der Waals surface area contributed by atoms with Crippen molar-refractivity contribution in [1.29, 1.82) is 0 Å². The van der Waals surface area contributed by atoms with Crippen molar-refractivity contribution >= 4 is 5.91 Å². The second kappa shape index (κ2) is 5.82. The van der Waals surface area contributed by atoms with Gasteiger partial charge >= 0.3 is 0 Å². The van der Waals surface area contributed by atoms with E-state index in [0.717, 1.165) is 50.9 Å².